The summed E-state index contributed by atoms with van der Waals surface area (Å²) in [6.45, 7) is 2.94. The van der Waals surface area contributed by atoms with E-state index in [-0.39, 0.29) is 24.3 Å². The fraction of sp³-hybridized carbons (Fsp3) is 0.320. The molecule has 1 atom stereocenters. The van der Waals surface area contributed by atoms with E-state index in [4.69, 9.17) is 18.9 Å². The molecule has 1 aliphatic rings. The van der Waals surface area contributed by atoms with Crippen LogP contribution in [0.3, 0.4) is 0 Å². The highest BCUT2D eigenvalue weighted by Gasteiger charge is 2.25. The average Bonchev–Trinajstić information content (AvgIpc) is 3.33. The van der Waals surface area contributed by atoms with Crippen LogP contribution in [-0.4, -0.2) is 73.2 Å². The Labute approximate surface area is 197 Å². The van der Waals surface area contributed by atoms with Crippen molar-refractivity contribution >= 4 is 11.9 Å². The highest BCUT2D eigenvalue weighted by atomic mass is 16.5. The Hall–Kier alpha value is -3.85. The van der Waals surface area contributed by atoms with E-state index in [2.05, 4.69) is 5.10 Å². The van der Waals surface area contributed by atoms with Crippen LogP contribution < -0.4 is 9.47 Å². The highest BCUT2D eigenvalue weighted by Crippen LogP contribution is 2.34. The Morgan fingerprint density at radius 1 is 1.09 bits per heavy atom. The van der Waals surface area contributed by atoms with Gasteiger partial charge in [-0.2, -0.15) is 5.10 Å². The number of amides is 1. The van der Waals surface area contributed by atoms with Crippen molar-refractivity contribution in [1.82, 2.24) is 14.7 Å². The zero-order valence-electron chi connectivity index (χ0n) is 19.4. The number of ether oxygens (including phenoxy) is 4. The third-order valence-corrected chi connectivity index (χ3v) is 5.54. The van der Waals surface area contributed by atoms with E-state index in [1.54, 1.807) is 42.1 Å². The molecule has 9 heteroatoms. The van der Waals surface area contributed by atoms with Gasteiger partial charge < -0.3 is 23.8 Å². The number of carbonyl (C=O) groups excluding carboxylic acids is 2. The van der Waals surface area contributed by atoms with Crippen LogP contribution in [0.25, 0.3) is 16.8 Å². The molecule has 0 saturated carbocycles. The van der Waals surface area contributed by atoms with E-state index in [0.717, 1.165) is 5.69 Å². The fourth-order valence-electron chi connectivity index (χ4n) is 3.78. The molecule has 4 rings (SSSR count). The zero-order valence-corrected chi connectivity index (χ0v) is 19.4. The minimum atomic E-state index is -0.686. The van der Waals surface area contributed by atoms with Crippen molar-refractivity contribution in [2.45, 2.75) is 13.0 Å². The third-order valence-electron chi connectivity index (χ3n) is 5.54. The minimum absolute atomic E-state index is 0.0494. The van der Waals surface area contributed by atoms with Gasteiger partial charge in [0.05, 0.1) is 32.6 Å². The number of carbonyl (C=O) groups is 2. The monoisotopic (exact) mass is 465 g/mol. The Kier molecular flexibility index (Phi) is 7.12. The number of methoxy groups -OCH3 is 2. The molecule has 1 saturated heterocycles. The van der Waals surface area contributed by atoms with Crippen LogP contribution in [0.4, 0.5) is 0 Å². The number of hydrogen-bond acceptors (Lipinski definition) is 7. The van der Waals surface area contributed by atoms with Crippen molar-refractivity contribution in [1.29, 1.82) is 0 Å². The molecule has 2 heterocycles. The lowest BCUT2D eigenvalue weighted by atomic mass is 10.1. The number of rotatable bonds is 7. The first kappa shape index (κ1) is 23.3. The van der Waals surface area contributed by atoms with E-state index in [0.29, 0.717) is 42.3 Å². The van der Waals surface area contributed by atoms with Crippen LogP contribution in [-0.2, 0) is 14.3 Å². The molecular formula is C25H27N3O6. The maximum absolute atomic E-state index is 13.1. The van der Waals surface area contributed by atoms with Gasteiger partial charge in [-0.25, -0.2) is 9.48 Å². The molecule has 34 heavy (non-hydrogen) atoms. The van der Waals surface area contributed by atoms with Crippen LogP contribution in [0, 0.1) is 0 Å². The fourth-order valence-corrected chi connectivity index (χ4v) is 3.78. The summed E-state index contributed by atoms with van der Waals surface area (Å²) in [5.41, 5.74) is 2.11. The van der Waals surface area contributed by atoms with Gasteiger partial charge >= 0.3 is 5.97 Å². The van der Waals surface area contributed by atoms with Crippen LogP contribution >= 0.6 is 0 Å². The summed E-state index contributed by atoms with van der Waals surface area (Å²) in [5, 5.41) is 4.48. The van der Waals surface area contributed by atoms with Gasteiger partial charge in [0.1, 0.15) is 0 Å². The van der Waals surface area contributed by atoms with E-state index in [1.165, 1.54) is 0 Å². The number of esters is 1. The van der Waals surface area contributed by atoms with Gasteiger partial charge in [0.15, 0.2) is 23.8 Å². The number of nitrogens with zero attached hydrogens (tertiary/aromatic N) is 3. The van der Waals surface area contributed by atoms with Crippen molar-refractivity contribution in [3.05, 3.63) is 60.4 Å². The predicted octanol–water partition coefficient (Wildman–Crippen LogP) is 2.96. The molecule has 0 N–H and O–H groups in total. The molecule has 3 aromatic rings. The smallest absolute Gasteiger partial charge is 0.360 e. The van der Waals surface area contributed by atoms with Crippen LogP contribution in [0.2, 0.25) is 0 Å². The van der Waals surface area contributed by atoms with Gasteiger partial charge in [0.25, 0.3) is 5.91 Å². The van der Waals surface area contributed by atoms with E-state index < -0.39 is 5.97 Å². The first-order valence-electron chi connectivity index (χ1n) is 10.9. The molecule has 178 valence electrons. The van der Waals surface area contributed by atoms with Crippen molar-refractivity contribution in [3.8, 4) is 28.3 Å². The van der Waals surface area contributed by atoms with Gasteiger partial charge in [-0.1, -0.05) is 24.3 Å². The predicted molar refractivity (Wildman–Crippen MR) is 124 cm³/mol. The number of hydrogen-bond donors (Lipinski definition) is 0. The molecule has 0 bridgehead atoms. The summed E-state index contributed by atoms with van der Waals surface area (Å²) in [4.78, 5) is 27.3. The number of benzene rings is 2. The molecule has 1 amide bonds. The summed E-state index contributed by atoms with van der Waals surface area (Å²) in [6.07, 6.45) is 1.70. The maximum Gasteiger partial charge on any atom is 0.360 e. The largest absolute Gasteiger partial charge is 0.493 e. The summed E-state index contributed by atoms with van der Waals surface area (Å²) in [6, 6.07) is 14.8. The van der Waals surface area contributed by atoms with Gasteiger partial charge in [0, 0.05) is 24.8 Å². The quantitative estimate of drug-likeness (QED) is 0.496. The average molecular weight is 466 g/mol. The van der Waals surface area contributed by atoms with Crippen LogP contribution in [0.15, 0.2) is 54.7 Å². The van der Waals surface area contributed by atoms with Gasteiger partial charge in [0.2, 0.25) is 0 Å². The second kappa shape index (κ2) is 10.4. The minimum Gasteiger partial charge on any atom is -0.493 e. The Morgan fingerprint density at radius 2 is 1.85 bits per heavy atom. The third kappa shape index (κ3) is 5.04. The summed E-state index contributed by atoms with van der Waals surface area (Å²) < 4.78 is 23.2. The van der Waals surface area contributed by atoms with Gasteiger partial charge in [-0.05, 0) is 36.8 Å². The summed E-state index contributed by atoms with van der Waals surface area (Å²) >= 11 is 0. The van der Waals surface area contributed by atoms with Crippen molar-refractivity contribution in [3.63, 3.8) is 0 Å². The Bertz CT molecular complexity index is 1160. The van der Waals surface area contributed by atoms with Crippen LogP contribution in [0.1, 0.15) is 17.4 Å². The van der Waals surface area contributed by atoms with Crippen molar-refractivity contribution in [2.75, 3.05) is 40.5 Å². The molecule has 2 aromatic carbocycles. The Morgan fingerprint density at radius 3 is 2.56 bits per heavy atom. The second-order valence-electron chi connectivity index (χ2n) is 7.84. The maximum atomic E-state index is 13.1. The lowest BCUT2D eigenvalue weighted by Crippen LogP contribution is -2.46. The zero-order chi connectivity index (χ0) is 24.1. The van der Waals surface area contributed by atoms with Crippen molar-refractivity contribution in [2.24, 2.45) is 0 Å². The molecule has 9 nitrogen and oxygen atoms in total. The molecule has 1 fully saturated rings. The number of aromatic nitrogens is 2. The molecule has 1 aromatic heterocycles. The highest BCUT2D eigenvalue weighted by molar-refractivity contribution is 5.96. The lowest BCUT2D eigenvalue weighted by molar-refractivity contribution is -0.141. The lowest BCUT2D eigenvalue weighted by Gasteiger charge is -2.30. The molecular weight excluding hydrogens is 438 g/mol. The van der Waals surface area contributed by atoms with Gasteiger partial charge in [-0.3, -0.25) is 4.79 Å². The molecule has 1 unspecified atom stereocenters. The van der Waals surface area contributed by atoms with Crippen molar-refractivity contribution < 1.29 is 28.5 Å². The first-order valence-corrected chi connectivity index (χ1v) is 10.9. The molecule has 0 spiro atoms. The van der Waals surface area contributed by atoms with Crippen LogP contribution in [0.5, 0.6) is 11.5 Å². The standard InChI is InChI=1S/C25H27N3O6/c1-17-14-27(11-12-33-17)23(29)16-34-25(30)24-20(15-28(26-24)19-7-5-4-6-8-19)18-9-10-21(31-2)22(13-18)32-3/h4-10,13,15,17H,11-12,14,16H2,1-3H3. The molecule has 1 aliphatic heterocycles. The Balaban J connectivity index is 1.62. The first-order chi connectivity index (χ1) is 16.5. The second-order valence-corrected chi connectivity index (χ2v) is 7.84. The normalized spacial score (nSPS) is 15.6. The SMILES string of the molecule is COc1ccc(-c2cn(-c3ccccc3)nc2C(=O)OCC(=O)N2CCOC(C)C2)cc1OC. The summed E-state index contributed by atoms with van der Waals surface area (Å²) in [7, 11) is 3.10. The van der Waals surface area contributed by atoms with E-state index in [1.807, 2.05) is 43.3 Å². The molecule has 0 radical (unpaired) electrons. The van der Waals surface area contributed by atoms with Gasteiger partial charge in [-0.15, -0.1) is 0 Å². The molecule has 0 aliphatic carbocycles. The number of morpholine rings is 1. The summed E-state index contributed by atoms with van der Waals surface area (Å²) in [5.74, 6) is 0.132. The number of para-hydroxylation sites is 1. The van der Waals surface area contributed by atoms with E-state index in [9.17, 15) is 9.59 Å². The van der Waals surface area contributed by atoms with E-state index >= 15 is 0 Å². The topological polar surface area (TPSA) is 92.1 Å².